The summed E-state index contributed by atoms with van der Waals surface area (Å²) >= 11 is 0. The van der Waals surface area contributed by atoms with Crippen LogP contribution in [0.5, 0.6) is 0 Å². The fraction of sp³-hybridized carbons (Fsp3) is 0.514. The molecule has 1 aromatic carbocycles. The minimum Gasteiger partial charge on any atom is -0.478 e. The smallest absolute Gasteiger partial charge is 0.407 e. The number of carboxylic acids is 1. The predicted molar refractivity (Wildman–Crippen MR) is 192 cm³/mol. The molecule has 0 heterocycles. The molecule has 0 aliphatic heterocycles. The van der Waals surface area contributed by atoms with Crippen LogP contribution in [0.15, 0.2) is 72.4 Å². The molecular formula is C37H57N5O6. The molecule has 0 aliphatic rings. The van der Waals surface area contributed by atoms with Crippen molar-refractivity contribution in [2.24, 2.45) is 16.7 Å². The highest BCUT2D eigenvalue weighted by molar-refractivity contribution is 5.91. The first-order valence-electron chi connectivity index (χ1n) is 16.1. The lowest BCUT2D eigenvalue weighted by atomic mass is 9.75. The van der Waals surface area contributed by atoms with E-state index in [1.54, 1.807) is 38.4 Å². The second-order valence-electron chi connectivity index (χ2n) is 13.8. The number of amides is 3. The number of carbonyl (C=O) groups is 4. The number of carbonyl (C=O) groups excluding carboxylic acids is 3. The maximum Gasteiger partial charge on any atom is 0.407 e. The van der Waals surface area contributed by atoms with Gasteiger partial charge in [0.2, 0.25) is 11.8 Å². The second kappa shape index (κ2) is 18.8. The van der Waals surface area contributed by atoms with E-state index < -0.39 is 41.0 Å². The van der Waals surface area contributed by atoms with E-state index in [9.17, 15) is 24.3 Å². The Morgan fingerprint density at radius 2 is 1.62 bits per heavy atom. The fourth-order valence-corrected chi connectivity index (χ4v) is 5.20. The Morgan fingerprint density at radius 1 is 1.02 bits per heavy atom. The SMILES string of the molecule is C=C/C=C(\C=C/CNC(=O)OCc1ccc(NC)cc1)C(C)(C)C(NC)C(=O)NC(C(=O)N(C)C(/C=C(\C)C(=O)O)C(C)C)C(C)(C)C. The molecule has 3 amide bonds. The Bertz CT molecular complexity index is 1350. The molecule has 48 heavy (non-hydrogen) atoms. The molecular weight excluding hydrogens is 610 g/mol. The quantitative estimate of drug-likeness (QED) is 0.111. The number of benzene rings is 1. The number of ether oxygens (including phenoxy) is 1. The Hall–Kier alpha value is -4.38. The minimum atomic E-state index is -1.05. The molecule has 0 saturated heterocycles. The minimum absolute atomic E-state index is 0.0704. The topological polar surface area (TPSA) is 149 Å². The van der Waals surface area contributed by atoms with Crippen LogP contribution in [0, 0.1) is 16.7 Å². The van der Waals surface area contributed by atoms with Crippen LogP contribution in [0.25, 0.3) is 0 Å². The Kier molecular flexibility index (Phi) is 16.3. The number of allylic oxidation sites excluding steroid dienone is 3. The molecule has 3 unspecified atom stereocenters. The molecule has 0 radical (unpaired) electrons. The first kappa shape index (κ1) is 41.6. The van der Waals surface area contributed by atoms with Crippen molar-refractivity contribution in [2.75, 3.05) is 33.0 Å². The molecule has 0 spiro atoms. The average Bonchev–Trinajstić information content (AvgIpc) is 3.01. The molecule has 1 aromatic rings. The third kappa shape index (κ3) is 12.3. The van der Waals surface area contributed by atoms with Crippen molar-refractivity contribution in [3.63, 3.8) is 0 Å². The van der Waals surface area contributed by atoms with Crippen molar-refractivity contribution in [2.45, 2.75) is 80.1 Å². The Labute approximate surface area is 286 Å². The van der Waals surface area contributed by atoms with Gasteiger partial charge in [-0.1, -0.05) is 97.6 Å². The largest absolute Gasteiger partial charge is 0.478 e. The van der Waals surface area contributed by atoms with E-state index in [0.29, 0.717) is 0 Å². The van der Waals surface area contributed by atoms with Crippen LogP contribution in [-0.2, 0) is 25.7 Å². The number of likely N-dealkylation sites (N-methyl/N-ethyl adjacent to an activating group) is 2. The van der Waals surface area contributed by atoms with Gasteiger partial charge in [-0.2, -0.15) is 0 Å². The van der Waals surface area contributed by atoms with E-state index in [2.05, 4.69) is 27.8 Å². The van der Waals surface area contributed by atoms with Crippen molar-refractivity contribution in [3.8, 4) is 0 Å². The van der Waals surface area contributed by atoms with Gasteiger partial charge in [0.15, 0.2) is 0 Å². The highest BCUT2D eigenvalue weighted by Crippen LogP contribution is 2.33. The molecule has 0 fully saturated rings. The molecule has 5 N–H and O–H groups in total. The number of anilines is 1. The summed E-state index contributed by atoms with van der Waals surface area (Å²) in [5.41, 5.74) is 1.27. The van der Waals surface area contributed by atoms with Crippen molar-refractivity contribution in [1.29, 1.82) is 0 Å². The van der Waals surface area contributed by atoms with E-state index in [-0.39, 0.29) is 36.5 Å². The number of carboxylic acid groups (broad SMARTS) is 1. The van der Waals surface area contributed by atoms with Crippen LogP contribution in [0.1, 0.15) is 61.0 Å². The van der Waals surface area contributed by atoms with Gasteiger partial charge < -0.3 is 36.0 Å². The number of aliphatic carboxylic acids is 1. The third-order valence-corrected chi connectivity index (χ3v) is 8.22. The van der Waals surface area contributed by atoms with Crippen LogP contribution in [0.4, 0.5) is 10.5 Å². The van der Waals surface area contributed by atoms with Gasteiger partial charge in [-0.15, -0.1) is 0 Å². The molecule has 3 atom stereocenters. The normalized spacial score (nSPS) is 14.6. The second-order valence-corrected chi connectivity index (χ2v) is 13.8. The van der Waals surface area contributed by atoms with Crippen molar-refractivity contribution < 1.29 is 29.0 Å². The summed E-state index contributed by atoms with van der Waals surface area (Å²) in [5.74, 6) is -1.83. The maximum absolute atomic E-state index is 13.9. The third-order valence-electron chi connectivity index (χ3n) is 8.22. The number of nitrogens with zero attached hydrogens (tertiary/aromatic N) is 1. The zero-order valence-electron chi connectivity index (χ0n) is 30.6. The number of rotatable bonds is 17. The molecule has 0 aliphatic carbocycles. The van der Waals surface area contributed by atoms with E-state index in [1.165, 1.54) is 11.8 Å². The Morgan fingerprint density at radius 3 is 2.10 bits per heavy atom. The lowest BCUT2D eigenvalue weighted by Gasteiger charge is -2.40. The highest BCUT2D eigenvalue weighted by Gasteiger charge is 2.42. The van der Waals surface area contributed by atoms with Crippen LogP contribution in [-0.4, -0.2) is 79.7 Å². The van der Waals surface area contributed by atoms with Crippen LogP contribution >= 0.6 is 0 Å². The highest BCUT2D eigenvalue weighted by atomic mass is 16.5. The van der Waals surface area contributed by atoms with Gasteiger partial charge in [0, 0.05) is 37.3 Å². The van der Waals surface area contributed by atoms with Gasteiger partial charge >= 0.3 is 12.1 Å². The molecule has 0 aromatic heterocycles. The van der Waals surface area contributed by atoms with E-state index in [4.69, 9.17) is 4.74 Å². The molecule has 266 valence electrons. The maximum atomic E-state index is 13.9. The zero-order valence-corrected chi connectivity index (χ0v) is 30.6. The number of alkyl carbamates (subject to hydrolysis) is 1. The lowest BCUT2D eigenvalue weighted by Crippen LogP contribution is -2.61. The molecule has 11 heteroatoms. The van der Waals surface area contributed by atoms with Crippen LogP contribution in [0.2, 0.25) is 0 Å². The Balaban J connectivity index is 3.11. The monoisotopic (exact) mass is 667 g/mol. The molecule has 1 rings (SSSR count). The summed E-state index contributed by atoms with van der Waals surface area (Å²) in [4.78, 5) is 53.2. The first-order chi connectivity index (χ1) is 22.3. The lowest BCUT2D eigenvalue weighted by molar-refractivity contribution is -0.141. The summed E-state index contributed by atoms with van der Waals surface area (Å²) < 4.78 is 5.31. The number of hydrogen-bond acceptors (Lipinski definition) is 7. The van der Waals surface area contributed by atoms with E-state index >= 15 is 0 Å². The number of hydrogen-bond donors (Lipinski definition) is 5. The summed E-state index contributed by atoms with van der Waals surface area (Å²) in [7, 11) is 5.14. The number of nitrogens with one attached hydrogen (secondary N) is 4. The van der Waals surface area contributed by atoms with E-state index in [1.807, 2.05) is 85.9 Å². The molecule has 0 saturated carbocycles. The van der Waals surface area contributed by atoms with E-state index in [0.717, 1.165) is 16.8 Å². The van der Waals surface area contributed by atoms with Gasteiger partial charge in [0.25, 0.3) is 0 Å². The van der Waals surface area contributed by atoms with Gasteiger partial charge in [-0.25, -0.2) is 9.59 Å². The summed E-state index contributed by atoms with van der Waals surface area (Å²) in [6, 6.07) is 5.40. The summed E-state index contributed by atoms with van der Waals surface area (Å²) in [6.45, 7) is 18.9. The van der Waals surface area contributed by atoms with Crippen molar-refractivity contribution in [3.05, 3.63) is 77.9 Å². The van der Waals surface area contributed by atoms with Gasteiger partial charge in [0.1, 0.15) is 12.6 Å². The first-order valence-corrected chi connectivity index (χ1v) is 16.1. The van der Waals surface area contributed by atoms with Crippen LogP contribution < -0.4 is 21.3 Å². The van der Waals surface area contributed by atoms with Gasteiger partial charge in [-0.05, 0) is 48.6 Å². The van der Waals surface area contributed by atoms with Crippen LogP contribution in [0.3, 0.4) is 0 Å². The van der Waals surface area contributed by atoms with Gasteiger partial charge in [-0.3, -0.25) is 9.59 Å². The summed E-state index contributed by atoms with van der Waals surface area (Å²) in [5, 5.41) is 21.3. The average molecular weight is 668 g/mol. The van der Waals surface area contributed by atoms with Gasteiger partial charge in [0.05, 0.1) is 12.1 Å². The van der Waals surface area contributed by atoms with Crippen molar-refractivity contribution >= 4 is 29.6 Å². The molecule has 0 bridgehead atoms. The summed E-state index contributed by atoms with van der Waals surface area (Å²) in [6.07, 6.45) is 8.02. The predicted octanol–water partition coefficient (Wildman–Crippen LogP) is 5.28. The standard InChI is InChI=1S/C37H57N5O6/c1-13-15-27(16-14-21-40-35(47)48-23-26-17-19-28(38-10)20-18-26)37(8,9)30(39-11)32(43)41-31(36(5,6)7)33(44)42(12)29(24(2)3)22-25(4)34(45)46/h13-20,22,24,29-31,38-39H,1,21,23H2,2-12H3,(H,40,47)(H,41,43)(H,45,46)/b16-14-,25-22+,27-15+. The molecule has 11 nitrogen and oxygen atoms in total. The zero-order chi connectivity index (χ0) is 36.8. The van der Waals surface area contributed by atoms with Crippen molar-refractivity contribution in [1.82, 2.24) is 20.9 Å². The fourth-order valence-electron chi connectivity index (χ4n) is 5.20.